The van der Waals surface area contributed by atoms with E-state index >= 15 is 0 Å². The molecule has 0 radical (unpaired) electrons. The molecule has 18 heavy (non-hydrogen) atoms. The number of sulfone groups is 1. The van der Waals surface area contributed by atoms with Gasteiger partial charge < -0.3 is 9.64 Å². The molecule has 0 spiro atoms. The highest BCUT2D eigenvalue weighted by Gasteiger charge is 2.28. The van der Waals surface area contributed by atoms with Crippen LogP contribution in [0.1, 0.15) is 25.7 Å². The Morgan fingerprint density at radius 2 is 1.89 bits per heavy atom. The second-order valence-electron chi connectivity index (χ2n) is 5.80. The monoisotopic (exact) mass is 275 g/mol. The fraction of sp³-hybridized carbons (Fsp3) is 1.00. The second kappa shape index (κ2) is 6.35. The number of nitrogens with zero attached hydrogens (tertiary/aromatic N) is 1. The maximum atomic E-state index is 11.4. The van der Waals surface area contributed by atoms with Gasteiger partial charge in [-0.15, -0.1) is 0 Å². The first-order valence-electron chi connectivity index (χ1n) is 7.01. The smallest absolute Gasteiger partial charge is 0.150 e. The van der Waals surface area contributed by atoms with Gasteiger partial charge in [-0.1, -0.05) is 0 Å². The van der Waals surface area contributed by atoms with E-state index in [2.05, 4.69) is 4.90 Å². The molecule has 0 aromatic carbocycles. The third kappa shape index (κ3) is 4.21. The van der Waals surface area contributed by atoms with Gasteiger partial charge in [0.2, 0.25) is 0 Å². The lowest BCUT2D eigenvalue weighted by Gasteiger charge is -2.32. The van der Waals surface area contributed by atoms with E-state index in [1.807, 2.05) is 0 Å². The Labute approximate surface area is 111 Å². The zero-order valence-electron chi connectivity index (χ0n) is 11.3. The molecule has 0 N–H and O–H groups in total. The van der Waals surface area contributed by atoms with Gasteiger partial charge in [-0.2, -0.15) is 0 Å². The summed E-state index contributed by atoms with van der Waals surface area (Å²) in [5.74, 6) is 1.96. The summed E-state index contributed by atoms with van der Waals surface area (Å²) in [6.45, 7) is 4.25. The molecule has 1 atom stereocenters. The first kappa shape index (κ1) is 14.3. The summed E-state index contributed by atoms with van der Waals surface area (Å²) in [6.07, 6.45) is 4.37. The Morgan fingerprint density at radius 1 is 1.17 bits per heavy atom. The van der Waals surface area contributed by atoms with Crippen molar-refractivity contribution in [1.82, 2.24) is 4.90 Å². The van der Waals surface area contributed by atoms with E-state index in [0.29, 0.717) is 17.4 Å². The lowest BCUT2D eigenvalue weighted by molar-refractivity contribution is 0.0974. The van der Waals surface area contributed by atoms with Crippen LogP contribution in [0.25, 0.3) is 0 Å². The van der Waals surface area contributed by atoms with Gasteiger partial charge in [0.15, 0.2) is 9.84 Å². The summed E-state index contributed by atoms with van der Waals surface area (Å²) < 4.78 is 28.0. The predicted molar refractivity (Wildman–Crippen MR) is 72.4 cm³/mol. The van der Waals surface area contributed by atoms with Crippen LogP contribution in [0, 0.1) is 11.8 Å². The second-order valence-corrected chi connectivity index (χ2v) is 8.03. The van der Waals surface area contributed by atoms with Crippen molar-refractivity contribution in [2.75, 3.05) is 44.9 Å². The molecule has 4 nitrogen and oxygen atoms in total. The first-order chi connectivity index (χ1) is 8.59. The summed E-state index contributed by atoms with van der Waals surface area (Å²) in [7, 11) is -0.929. The number of rotatable bonds is 5. The van der Waals surface area contributed by atoms with Gasteiger partial charge in [0, 0.05) is 13.7 Å². The van der Waals surface area contributed by atoms with Crippen molar-refractivity contribution in [3.8, 4) is 0 Å². The van der Waals surface area contributed by atoms with E-state index in [0.717, 1.165) is 45.0 Å². The number of hydrogen-bond acceptors (Lipinski definition) is 4. The van der Waals surface area contributed by atoms with E-state index in [1.165, 1.54) is 12.8 Å². The predicted octanol–water partition coefficient (Wildman–Crippen LogP) is 1.17. The molecule has 2 aliphatic rings. The van der Waals surface area contributed by atoms with Gasteiger partial charge >= 0.3 is 0 Å². The quantitative estimate of drug-likeness (QED) is 0.755. The molecule has 2 heterocycles. The normalized spacial score (nSPS) is 29.7. The van der Waals surface area contributed by atoms with E-state index in [4.69, 9.17) is 4.74 Å². The maximum Gasteiger partial charge on any atom is 0.150 e. The molecule has 0 saturated carbocycles. The zero-order valence-corrected chi connectivity index (χ0v) is 12.1. The van der Waals surface area contributed by atoms with Gasteiger partial charge in [-0.25, -0.2) is 8.42 Å². The fourth-order valence-corrected chi connectivity index (χ4v) is 4.99. The highest BCUT2D eigenvalue weighted by atomic mass is 32.2. The third-order valence-electron chi connectivity index (χ3n) is 4.29. The molecule has 106 valence electrons. The Kier molecular flexibility index (Phi) is 5.04. The minimum absolute atomic E-state index is 0.409. The van der Waals surface area contributed by atoms with Crippen molar-refractivity contribution in [2.45, 2.75) is 25.7 Å². The van der Waals surface area contributed by atoms with Crippen molar-refractivity contribution < 1.29 is 13.2 Å². The van der Waals surface area contributed by atoms with Crippen LogP contribution in [0.3, 0.4) is 0 Å². The Morgan fingerprint density at radius 3 is 2.44 bits per heavy atom. The van der Waals surface area contributed by atoms with E-state index in [-0.39, 0.29) is 0 Å². The zero-order chi connectivity index (χ0) is 13.0. The molecule has 0 aromatic rings. The van der Waals surface area contributed by atoms with Crippen LogP contribution in [0.5, 0.6) is 0 Å². The third-order valence-corrected chi connectivity index (χ3v) is 6.13. The summed E-state index contributed by atoms with van der Waals surface area (Å²) in [5.41, 5.74) is 0. The van der Waals surface area contributed by atoms with Gasteiger partial charge in [-0.3, -0.25) is 0 Å². The number of piperidine rings is 1. The van der Waals surface area contributed by atoms with Gasteiger partial charge in [0.1, 0.15) is 0 Å². The van der Waals surface area contributed by atoms with Crippen LogP contribution < -0.4 is 0 Å². The molecule has 0 aromatic heterocycles. The highest BCUT2D eigenvalue weighted by molar-refractivity contribution is 7.91. The summed E-state index contributed by atoms with van der Waals surface area (Å²) in [5, 5.41) is 0. The molecule has 0 aliphatic carbocycles. The van der Waals surface area contributed by atoms with Crippen molar-refractivity contribution in [3.05, 3.63) is 0 Å². The molecule has 0 bridgehead atoms. The summed E-state index contributed by atoms with van der Waals surface area (Å²) >= 11 is 0. The molecule has 1 unspecified atom stereocenters. The van der Waals surface area contributed by atoms with E-state index < -0.39 is 9.84 Å². The van der Waals surface area contributed by atoms with Crippen molar-refractivity contribution >= 4 is 9.84 Å². The minimum Gasteiger partial charge on any atom is -0.384 e. The van der Waals surface area contributed by atoms with Crippen molar-refractivity contribution in [1.29, 1.82) is 0 Å². The Hall–Kier alpha value is -0.130. The van der Waals surface area contributed by atoms with Crippen LogP contribution in [0.2, 0.25) is 0 Å². The molecule has 5 heteroatoms. The molecular formula is C13H25NO3S. The molecule has 2 fully saturated rings. The standard InChI is InChI=1S/C13H25NO3S/c1-17-10-12-2-6-14(7-3-12)8-4-13-5-9-18(15,16)11-13/h12-13H,2-11H2,1H3. The lowest BCUT2D eigenvalue weighted by Crippen LogP contribution is -2.36. The van der Waals surface area contributed by atoms with Crippen LogP contribution in [0.15, 0.2) is 0 Å². The van der Waals surface area contributed by atoms with E-state index in [1.54, 1.807) is 7.11 Å². The number of methoxy groups -OCH3 is 1. The topological polar surface area (TPSA) is 46.6 Å². The summed E-state index contributed by atoms with van der Waals surface area (Å²) in [4.78, 5) is 2.48. The largest absolute Gasteiger partial charge is 0.384 e. The molecular weight excluding hydrogens is 250 g/mol. The average Bonchev–Trinajstić information content (AvgIpc) is 2.69. The number of hydrogen-bond donors (Lipinski definition) is 0. The average molecular weight is 275 g/mol. The van der Waals surface area contributed by atoms with Crippen LogP contribution in [-0.2, 0) is 14.6 Å². The SMILES string of the molecule is COCC1CCN(CCC2CCS(=O)(=O)C2)CC1. The molecule has 2 rings (SSSR count). The summed E-state index contributed by atoms with van der Waals surface area (Å²) in [6, 6.07) is 0. The fourth-order valence-electron chi connectivity index (χ4n) is 3.08. The Balaban J connectivity index is 1.64. The maximum absolute atomic E-state index is 11.4. The van der Waals surface area contributed by atoms with Crippen LogP contribution in [0.4, 0.5) is 0 Å². The first-order valence-corrected chi connectivity index (χ1v) is 8.83. The molecule has 2 saturated heterocycles. The van der Waals surface area contributed by atoms with Crippen molar-refractivity contribution in [2.24, 2.45) is 11.8 Å². The lowest BCUT2D eigenvalue weighted by atomic mass is 9.97. The van der Waals surface area contributed by atoms with Gasteiger partial charge in [0.05, 0.1) is 11.5 Å². The number of ether oxygens (including phenoxy) is 1. The number of likely N-dealkylation sites (tertiary alicyclic amines) is 1. The van der Waals surface area contributed by atoms with E-state index in [9.17, 15) is 8.42 Å². The van der Waals surface area contributed by atoms with Crippen molar-refractivity contribution in [3.63, 3.8) is 0 Å². The van der Waals surface area contributed by atoms with Gasteiger partial charge in [-0.05, 0) is 57.2 Å². The van der Waals surface area contributed by atoms with Gasteiger partial charge in [0.25, 0.3) is 0 Å². The van der Waals surface area contributed by atoms with Crippen LogP contribution >= 0.6 is 0 Å². The highest BCUT2D eigenvalue weighted by Crippen LogP contribution is 2.23. The Bertz CT molecular complexity index is 347. The minimum atomic E-state index is -2.70. The molecule has 2 aliphatic heterocycles. The van der Waals surface area contributed by atoms with Crippen LogP contribution in [-0.4, -0.2) is 58.2 Å². The molecule has 0 amide bonds.